The summed E-state index contributed by atoms with van der Waals surface area (Å²) in [6, 6.07) is 4.37. The van der Waals surface area contributed by atoms with Crippen molar-refractivity contribution in [3.63, 3.8) is 0 Å². The molecule has 0 bridgehead atoms. The molecule has 0 amide bonds. The fourth-order valence-corrected chi connectivity index (χ4v) is 5.05. The molecule has 0 saturated heterocycles. The summed E-state index contributed by atoms with van der Waals surface area (Å²) in [5, 5.41) is 9.18. The molecule has 0 aliphatic rings. The van der Waals surface area contributed by atoms with Gasteiger partial charge in [0.05, 0.1) is 4.34 Å². The van der Waals surface area contributed by atoms with Crippen molar-refractivity contribution in [2.45, 2.75) is 11.1 Å². The van der Waals surface area contributed by atoms with Gasteiger partial charge in [-0.05, 0) is 30.7 Å². The van der Waals surface area contributed by atoms with Crippen LogP contribution in [0.1, 0.15) is 15.2 Å². The average molecular weight is 338 g/mol. The number of halogens is 1. The zero-order valence-electron chi connectivity index (χ0n) is 9.51. The third-order valence-corrected chi connectivity index (χ3v) is 6.52. The maximum absolute atomic E-state index is 12.0. The summed E-state index contributed by atoms with van der Waals surface area (Å²) in [7, 11) is -3.72. The summed E-state index contributed by atoms with van der Waals surface area (Å²) >= 11 is 7.50. The van der Waals surface area contributed by atoms with Crippen molar-refractivity contribution in [3.8, 4) is 0 Å². The molecule has 102 valence electrons. The summed E-state index contributed by atoms with van der Waals surface area (Å²) in [5.41, 5.74) is 0.513. The van der Waals surface area contributed by atoms with Crippen LogP contribution in [-0.2, 0) is 10.0 Å². The second-order valence-electron chi connectivity index (χ2n) is 3.59. The van der Waals surface area contributed by atoms with Gasteiger partial charge >= 0.3 is 5.97 Å². The molecule has 2 aromatic heterocycles. The molecule has 2 heterocycles. The Balaban J connectivity index is 2.31. The summed E-state index contributed by atoms with van der Waals surface area (Å²) in [4.78, 5) is 11.0. The van der Waals surface area contributed by atoms with Gasteiger partial charge in [0.15, 0.2) is 0 Å². The van der Waals surface area contributed by atoms with Gasteiger partial charge in [-0.15, -0.1) is 22.7 Å². The molecule has 2 rings (SSSR count). The Morgan fingerprint density at radius 2 is 2.05 bits per heavy atom. The van der Waals surface area contributed by atoms with Crippen LogP contribution in [0.25, 0.3) is 0 Å². The molecule has 0 aromatic carbocycles. The van der Waals surface area contributed by atoms with Gasteiger partial charge in [0.2, 0.25) is 0 Å². The lowest BCUT2D eigenvalue weighted by atomic mass is 10.3. The molecule has 0 radical (unpaired) electrons. The van der Waals surface area contributed by atoms with Crippen molar-refractivity contribution in [1.82, 2.24) is 0 Å². The highest BCUT2D eigenvalue weighted by atomic mass is 35.5. The van der Waals surface area contributed by atoms with Gasteiger partial charge in [-0.3, -0.25) is 4.72 Å². The Bertz CT molecular complexity index is 732. The first-order valence-corrected chi connectivity index (χ1v) is 8.41. The van der Waals surface area contributed by atoms with Gasteiger partial charge in [0, 0.05) is 0 Å². The van der Waals surface area contributed by atoms with Gasteiger partial charge in [-0.1, -0.05) is 11.6 Å². The van der Waals surface area contributed by atoms with Crippen LogP contribution in [-0.4, -0.2) is 19.5 Å². The molecule has 0 saturated carbocycles. The Morgan fingerprint density at radius 1 is 1.37 bits per heavy atom. The van der Waals surface area contributed by atoms with E-state index in [9.17, 15) is 13.2 Å². The number of carbonyl (C=O) groups is 1. The van der Waals surface area contributed by atoms with E-state index in [4.69, 9.17) is 16.7 Å². The first-order chi connectivity index (χ1) is 8.79. The molecular weight excluding hydrogens is 330 g/mol. The van der Waals surface area contributed by atoms with Crippen LogP contribution < -0.4 is 4.72 Å². The minimum Gasteiger partial charge on any atom is -0.477 e. The van der Waals surface area contributed by atoms with Crippen LogP contribution in [0.5, 0.6) is 0 Å². The molecule has 0 aliphatic carbocycles. The SMILES string of the molecule is Cc1cc(NS(=O)(=O)c2ccc(Cl)s2)sc1C(=O)O. The van der Waals surface area contributed by atoms with E-state index >= 15 is 0 Å². The zero-order valence-corrected chi connectivity index (χ0v) is 12.7. The highest BCUT2D eigenvalue weighted by Gasteiger charge is 2.20. The van der Waals surface area contributed by atoms with Crippen LogP contribution in [0.15, 0.2) is 22.4 Å². The van der Waals surface area contributed by atoms with Crippen LogP contribution in [0.4, 0.5) is 5.00 Å². The maximum atomic E-state index is 12.0. The first-order valence-electron chi connectivity index (χ1n) is 4.91. The second-order valence-corrected chi connectivity index (χ2v) is 8.27. The minimum atomic E-state index is -3.72. The Labute approximate surface area is 122 Å². The van der Waals surface area contributed by atoms with Crippen molar-refractivity contribution in [2.24, 2.45) is 0 Å². The molecule has 0 spiro atoms. The van der Waals surface area contributed by atoms with E-state index in [0.717, 1.165) is 22.7 Å². The van der Waals surface area contributed by atoms with E-state index in [1.54, 1.807) is 6.92 Å². The summed E-state index contributed by atoms with van der Waals surface area (Å²) in [6.07, 6.45) is 0. The molecule has 0 fully saturated rings. The lowest BCUT2D eigenvalue weighted by Crippen LogP contribution is -2.10. The number of nitrogens with one attached hydrogen (secondary N) is 1. The van der Waals surface area contributed by atoms with Crippen molar-refractivity contribution in [3.05, 3.63) is 33.0 Å². The summed E-state index contributed by atoms with van der Waals surface area (Å²) in [6.45, 7) is 1.61. The van der Waals surface area contributed by atoms with E-state index in [2.05, 4.69) is 4.72 Å². The quantitative estimate of drug-likeness (QED) is 0.896. The third kappa shape index (κ3) is 3.08. The predicted molar refractivity (Wildman–Crippen MR) is 76.2 cm³/mol. The van der Waals surface area contributed by atoms with Crippen LogP contribution >= 0.6 is 34.3 Å². The lowest BCUT2D eigenvalue weighted by molar-refractivity contribution is 0.0701. The smallest absolute Gasteiger partial charge is 0.346 e. The van der Waals surface area contributed by atoms with Crippen molar-refractivity contribution >= 4 is 55.3 Å². The largest absolute Gasteiger partial charge is 0.477 e. The van der Waals surface area contributed by atoms with E-state index in [-0.39, 0.29) is 14.1 Å². The molecule has 19 heavy (non-hydrogen) atoms. The number of hydrogen-bond donors (Lipinski definition) is 2. The molecule has 5 nitrogen and oxygen atoms in total. The van der Waals surface area contributed by atoms with E-state index in [1.165, 1.54) is 18.2 Å². The lowest BCUT2D eigenvalue weighted by Gasteiger charge is -2.02. The Hall–Kier alpha value is -1.09. The van der Waals surface area contributed by atoms with Gasteiger partial charge < -0.3 is 5.11 Å². The summed E-state index contributed by atoms with van der Waals surface area (Å²) in [5.74, 6) is -1.08. The van der Waals surface area contributed by atoms with Crippen LogP contribution in [0.2, 0.25) is 4.34 Å². The van der Waals surface area contributed by atoms with Crippen LogP contribution in [0.3, 0.4) is 0 Å². The third-order valence-electron chi connectivity index (χ3n) is 2.16. The predicted octanol–water partition coefficient (Wildman–Crippen LogP) is 3.27. The first kappa shape index (κ1) is 14.3. The van der Waals surface area contributed by atoms with Crippen LogP contribution in [0, 0.1) is 6.92 Å². The molecule has 0 unspecified atom stereocenters. The molecule has 2 N–H and O–H groups in total. The molecule has 2 aromatic rings. The molecule has 0 aliphatic heterocycles. The molecule has 9 heteroatoms. The van der Waals surface area contributed by atoms with Crippen molar-refractivity contribution in [1.29, 1.82) is 0 Å². The van der Waals surface area contributed by atoms with Gasteiger partial charge in [-0.2, -0.15) is 0 Å². The standard InChI is InChI=1S/C10H8ClNO4S3/c1-5-4-7(18-9(5)10(13)14)12-19(15,16)8-3-2-6(11)17-8/h2-4,12H,1H3,(H,13,14). The topological polar surface area (TPSA) is 83.5 Å². The number of hydrogen-bond acceptors (Lipinski definition) is 5. The monoisotopic (exact) mass is 337 g/mol. The van der Waals surface area contributed by atoms with E-state index in [0.29, 0.717) is 9.90 Å². The van der Waals surface area contributed by atoms with Gasteiger partial charge in [0.1, 0.15) is 14.1 Å². The average Bonchev–Trinajstić information content (AvgIpc) is 2.85. The number of thiophene rings is 2. The summed E-state index contributed by atoms with van der Waals surface area (Å²) < 4.78 is 26.8. The number of aryl methyl sites for hydroxylation is 1. The number of rotatable bonds is 4. The highest BCUT2D eigenvalue weighted by Crippen LogP contribution is 2.31. The molecule has 0 atom stereocenters. The normalized spacial score (nSPS) is 11.5. The van der Waals surface area contributed by atoms with Gasteiger partial charge in [0.25, 0.3) is 10.0 Å². The molecular formula is C10H8ClNO4S3. The maximum Gasteiger partial charge on any atom is 0.346 e. The van der Waals surface area contributed by atoms with Crippen molar-refractivity contribution < 1.29 is 18.3 Å². The second kappa shape index (κ2) is 5.12. The number of carboxylic acid groups (broad SMARTS) is 1. The Kier molecular flexibility index (Phi) is 3.86. The number of anilines is 1. The van der Waals surface area contributed by atoms with Gasteiger partial charge in [-0.25, -0.2) is 13.2 Å². The number of sulfonamides is 1. The van der Waals surface area contributed by atoms with E-state index < -0.39 is 16.0 Å². The number of aromatic carboxylic acids is 1. The number of carboxylic acids is 1. The highest BCUT2D eigenvalue weighted by molar-refractivity contribution is 7.95. The Morgan fingerprint density at radius 3 is 2.53 bits per heavy atom. The zero-order chi connectivity index (χ0) is 14.2. The fraction of sp³-hybridized carbons (Fsp3) is 0.100. The van der Waals surface area contributed by atoms with Crippen molar-refractivity contribution in [2.75, 3.05) is 4.72 Å². The minimum absolute atomic E-state index is 0.0837. The fourth-order valence-electron chi connectivity index (χ4n) is 1.37. The van der Waals surface area contributed by atoms with E-state index in [1.807, 2.05) is 0 Å².